The Hall–Kier alpha value is -1.51. The highest BCUT2D eigenvalue weighted by atomic mass is 16.5. The Bertz CT molecular complexity index is 459. The Labute approximate surface area is 120 Å². The van der Waals surface area contributed by atoms with Crippen LogP contribution in [0, 0.1) is 11.8 Å². The third-order valence-corrected chi connectivity index (χ3v) is 4.75. The van der Waals surface area contributed by atoms with Crippen LogP contribution < -0.4 is 10.1 Å². The number of carbonyl (C=O) groups excluding carboxylic acids is 1. The molecule has 0 saturated heterocycles. The molecule has 2 aliphatic carbocycles. The summed E-state index contributed by atoms with van der Waals surface area (Å²) in [5.41, 5.74) is 0. The van der Waals surface area contributed by atoms with Gasteiger partial charge in [-0.3, -0.25) is 4.79 Å². The monoisotopic (exact) mass is 273 g/mol. The maximum atomic E-state index is 12.4. The summed E-state index contributed by atoms with van der Waals surface area (Å²) in [4.78, 5) is 12.4. The Kier molecular flexibility index (Phi) is 3.95. The van der Waals surface area contributed by atoms with Crippen molar-refractivity contribution < 1.29 is 9.53 Å². The molecule has 0 spiro atoms. The molecule has 1 N–H and O–H groups in total. The number of nitrogens with one attached hydrogen (secondary N) is 1. The smallest absolute Gasteiger partial charge is 0.261 e. The molecule has 1 aromatic rings. The molecule has 1 aromatic carbocycles. The van der Waals surface area contributed by atoms with Crippen molar-refractivity contribution in [2.45, 2.75) is 51.2 Å². The quantitative estimate of drug-likeness (QED) is 0.895. The van der Waals surface area contributed by atoms with E-state index in [4.69, 9.17) is 4.74 Å². The first-order valence-electron chi connectivity index (χ1n) is 7.78. The van der Waals surface area contributed by atoms with Crippen molar-refractivity contribution >= 4 is 5.91 Å². The van der Waals surface area contributed by atoms with E-state index >= 15 is 0 Å². The van der Waals surface area contributed by atoms with E-state index in [2.05, 4.69) is 5.32 Å². The van der Waals surface area contributed by atoms with Crippen LogP contribution in [0.2, 0.25) is 0 Å². The maximum absolute atomic E-state index is 12.4. The topological polar surface area (TPSA) is 38.3 Å². The summed E-state index contributed by atoms with van der Waals surface area (Å²) in [5, 5.41) is 3.22. The van der Waals surface area contributed by atoms with Crippen LogP contribution in [0.25, 0.3) is 0 Å². The predicted molar refractivity (Wildman–Crippen MR) is 78.5 cm³/mol. The molecule has 0 aromatic heterocycles. The molecule has 1 amide bonds. The van der Waals surface area contributed by atoms with Crippen molar-refractivity contribution in [3.05, 3.63) is 30.3 Å². The fourth-order valence-corrected chi connectivity index (χ4v) is 3.68. The van der Waals surface area contributed by atoms with Crippen molar-refractivity contribution in [1.82, 2.24) is 5.32 Å². The molecule has 0 aliphatic heterocycles. The van der Waals surface area contributed by atoms with Gasteiger partial charge in [-0.05, 0) is 49.7 Å². The van der Waals surface area contributed by atoms with Crippen LogP contribution in [0.5, 0.6) is 5.75 Å². The van der Waals surface area contributed by atoms with Crippen molar-refractivity contribution in [3.63, 3.8) is 0 Å². The van der Waals surface area contributed by atoms with Gasteiger partial charge >= 0.3 is 0 Å². The molecule has 108 valence electrons. The van der Waals surface area contributed by atoms with Crippen molar-refractivity contribution in [1.29, 1.82) is 0 Å². The number of carbonyl (C=O) groups is 1. The van der Waals surface area contributed by atoms with Gasteiger partial charge in [0.05, 0.1) is 0 Å². The summed E-state index contributed by atoms with van der Waals surface area (Å²) in [5.74, 6) is 2.37. The van der Waals surface area contributed by atoms with E-state index in [1.807, 2.05) is 37.3 Å². The molecule has 2 saturated carbocycles. The van der Waals surface area contributed by atoms with Gasteiger partial charge in [0.2, 0.25) is 0 Å². The van der Waals surface area contributed by atoms with Gasteiger partial charge in [-0.15, -0.1) is 0 Å². The summed E-state index contributed by atoms with van der Waals surface area (Å²) >= 11 is 0. The maximum Gasteiger partial charge on any atom is 0.261 e. The van der Waals surface area contributed by atoms with Crippen LogP contribution in [0.3, 0.4) is 0 Å². The van der Waals surface area contributed by atoms with Crippen LogP contribution in [-0.4, -0.2) is 18.1 Å². The number of hydrogen-bond acceptors (Lipinski definition) is 2. The second kappa shape index (κ2) is 5.86. The third-order valence-electron chi connectivity index (χ3n) is 4.75. The highest BCUT2D eigenvalue weighted by molar-refractivity contribution is 5.81. The molecule has 20 heavy (non-hydrogen) atoms. The Balaban J connectivity index is 1.57. The zero-order valence-electron chi connectivity index (χ0n) is 12.0. The average molecular weight is 273 g/mol. The second-order valence-electron chi connectivity index (χ2n) is 6.12. The van der Waals surface area contributed by atoms with Gasteiger partial charge in [0.15, 0.2) is 6.10 Å². The molecule has 2 fully saturated rings. The summed E-state index contributed by atoms with van der Waals surface area (Å²) in [6, 6.07) is 9.98. The van der Waals surface area contributed by atoms with Gasteiger partial charge in [0.25, 0.3) is 5.91 Å². The van der Waals surface area contributed by atoms with Crippen LogP contribution >= 0.6 is 0 Å². The van der Waals surface area contributed by atoms with Gasteiger partial charge in [0, 0.05) is 6.04 Å². The number of fused-ring (bicyclic) bond motifs is 2. The minimum Gasteiger partial charge on any atom is -0.481 e. The Morgan fingerprint density at radius 2 is 2.10 bits per heavy atom. The molecule has 0 radical (unpaired) electrons. The lowest BCUT2D eigenvalue weighted by atomic mass is 9.95. The lowest BCUT2D eigenvalue weighted by molar-refractivity contribution is -0.129. The highest BCUT2D eigenvalue weighted by Crippen LogP contribution is 2.44. The van der Waals surface area contributed by atoms with Crippen LogP contribution in [0.15, 0.2) is 30.3 Å². The molecule has 0 unspecified atom stereocenters. The van der Waals surface area contributed by atoms with E-state index in [0.717, 1.165) is 18.1 Å². The first-order valence-corrected chi connectivity index (χ1v) is 7.78. The second-order valence-corrected chi connectivity index (χ2v) is 6.12. The summed E-state index contributed by atoms with van der Waals surface area (Å²) in [6.45, 7) is 1.99. The molecule has 3 rings (SSSR count). The van der Waals surface area contributed by atoms with Gasteiger partial charge < -0.3 is 10.1 Å². The Morgan fingerprint density at radius 3 is 2.70 bits per heavy atom. The van der Waals surface area contributed by atoms with Crippen LogP contribution in [-0.2, 0) is 4.79 Å². The van der Waals surface area contributed by atoms with Crippen LogP contribution in [0.4, 0.5) is 0 Å². The van der Waals surface area contributed by atoms with Crippen molar-refractivity contribution in [2.75, 3.05) is 0 Å². The number of para-hydroxylation sites is 1. The molecular weight excluding hydrogens is 250 g/mol. The molecule has 4 atom stereocenters. The van der Waals surface area contributed by atoms with E-state index in [-0.39, 0.29) is 12.0 Å². The average Bonchev–Trinajstić information content (AvgIpc) is 3.08. The lowest BCUT2D eigenvalue weighted by Crippen LogP contribution is -2.45. The van der Waals surface area contributed by atoms with Gasteiger partial charge in [-0.1, -0.05) is 31.5 Å². The molecule has 2 aliphatic rings. The SMILES string of the molecule is CC[C@H](Oc1ccccc1)C(=O)N[C@H]1C[C@@H]2CC[C@@H]1C2. The predicted octanol–water partition coefficient (Wildman–Crippen LogP) is 3.15. The standard InChI is InChI=1S/C17H23NO2/c1-2-16(20-14-6-4-3-5-7-14)17(19)18-15-11-12-8-9-13(15)10-12/h3-7,12-13,15-16H,2,8-11H2,1H3,(H,18,19)/t12-,13-,15+,16+/m1/s1. The number of hydrogen-bond donors (Lipinski definition) is 1. The van der Waals surface area contributed by atoms with Crippen molar-refractivity contribution in [3.8, 4) is 5.75 Å². The fourth-order valence-electron chi connectivity index (χ4n) is 3.68. The van der Waals surface area contributed by atoms with E-state index < -0.39 is 0 Å². The highest BCUT2D eigenvalue weighted by Gasteiger charge is 2.40. The minimum absolute atomic E-state index is 0.0499. The molecule has 3 heteroatoms. The number of benzene rings is 1. The van der Waals surface area contributed by atoms with Gasteiger partial charge in [0.1, 0.15) is 5.75 Å². The largest absolute Gasteiger partial charge is 0.481 e. The third kappa shape index (κ3) is 2.82. The van der Waals surface area contributed by atoms with Crippen molar-refractivity contribution in [2.24, 2.45) is 11.8 Å². The summed E-state index contributed by atoms with van der Waals surface area (Å²) in [6.07, 6.45) is 5.43. The Morgan fingerprint density at radius 1 is 1.30 bits per heavy atom. The number of rotatable bonds is 5. The molecule has 0 heterocycles. The van der Waals surface area contributed by atoms with Crippen LogP contribution in [0.1, 0.15) is 39.0 Å². The van der Waals surface area contributed by atoms with E-state index in [9.17, 15) is 4.79 Å². The molecule has 2 bridgehead atoms. The van der Waals surface area contributed by atoms with E-state index in [0.29, 0.717) is 18.4 Å². The zero-order valence-corrected chi connectivity index (χ0v) is 12.0. The zero-order chi connectivity index (χ0) is 13.9. The van der Waals surface area contributed by atoms with E-state index in [1.54, 1.807) is 0 Å². The molecular formula is C17H23NO2. The normalized spacial score (nSPS) is 29.1. The van der Waals surface area contributed by atoms with E-state index in [1.165, 1.54) is 19.3 Å². The molecule has 3 nitrogen and oxygen atoms in total. The summed E-state index contributed by atoms with van der Waals surface area (Å²) < 4.78 is 5.80. The summed E-state index contributed by atoms with van der Waals surface area (Å²) in [7, 11) is 0. The number of amides is 1. The minimum atomic E-state index is -0.378. The van der Waals surface area contributed by atoms with Gasteiger partial charge in [-0.2, -0.15) is 0 Å². The first-order chi connectivity index (χ1) is 9.76. The number of ether oxygens (including phenoxy) is 1. The lowest BCUT2D eigenvalue weighted by Gasteiger charge is -2.25. The fraction of sp³-hybridized carbons (Fsp3) is 0.588. The van der Waals surface area contributed by atoms with Gasteiger partial charge in [-0.25, -0.2) is 0 Å². The first kappa shape index (κ1) is 13.5.